The Morgan fingerprint density at radius 3 is 3.04 bits per heavy atom. The summed E-state index contributed by atoms with van der Waals surface area (Å²) >= 11 is 0. The zero-order valence-electron chi connectivity index (χ0n) is 14.3. The molecule has 2 aliphatic carbocycles. The van der Waals surface area contributed by atoms with Gasteiger partial charge in [-0.2, -0.15) is 5.10 Å². The number of hydrogen-bond donors (Lipinski definition) is 1. The molecule has 0 saturated heterocycles. The van der Waals surface area contributed by atoms with Crippen molar-refractivity contribution in [3.05, 3.63) is 52.8 Å². The van der Waals surface area contributed by atoms with E-state index in [0.717, 1.165) is 38.0 Å². The van der Waals surface area contributed by atoms with Crippen LogP contribution in [0.1, 0.15) is 54.6 Å². The van der Waals surface area contributed by atoms with Crippen molar-refractivity contribution in [2.75, 3.05) is 0 Å². The number of rotatable bonds is 3. The van der Waals surface area contributed by atoms with Crippen LogP contribution >= 0.6 is 0 Å². The SMILES string of the molecule is C[C@H]1CCc2nn(CC(=O)N[C@H]3CCCc4ccccc43)cc2C1. The van der Waals surface area contributed by atoms with E-state index < -0.39 is 0 Å². The molecule has 0 spiro atoms. The third kappa shape index (κ3) is 3.10. The highest BCUT2D eigenvalue weighted by Crippen LogP contribution is 2.29. The third-order valence-electron chi connectivity index (χ3n) is 5.38. The molecule has 4 rings (SSSR count). The van der Waals surface area contributed by atoms with E-state index in [1.54, 1.807) is 0 Å². The van der Waals surface area contributed by atoms with Crippen LogP contribution in [0.2, 0.25) is 0 Å². The lowest BCUT2D eigenvalue weighted by molar-refractivity contribution is -0.122. The summed E-state index contributed by atoms with van der Waals surface area (Å²) in [5.41, 5.74) is 5.16. The van der Waals surface area contributed by atoms with Crippen molar-refractivity contribution in [3.8, 4) is 0 Å². The van der Waals surface area contributed by atoms with Crippen molar-refractivity contribution in [2.45, 2.75) is 58.0 Å². The zero-order valence-corrected chi connectivity index (χ0v) is 14.3. The van der Waals surface area contributed by atoms with Crippen molar-refractivity contribution in [2.24, 2.45) is 5.92 Å². The van der Waals surface area contributed by atoms with Crippen molar-refractivity contribution in [1.82, 2.24) is 15.1 Å². The van der Waals surface area contributed by atoms with Gasteiger partial charge >= 0.3 is 0 Å². The highest BCUT2D eigenvalue weighted by molar-refractivity contribution is 5.76. The van der Waals surface area contributed by atoms with Gasteiger partial charge in [-0.05, 0) is 61.1 Å². The summed E-state index contributed by atoms with van der Waals surface area (Å²) in [5, 5.41) is 7.83. The van der Waals surface area contributed by atoms with Crippen LogP contribution in [-0.4, -0.2) is 15.7 Å². The van der Waals surface area contributed by atoms with E-state index in [2.05, 4.69) is 47.8 Å². The average molecular weight is 323 g/mol. The van der Waals surface area contributed by atoms with E-state index in [1.165, 1.54) is 28.8 Å². The standard InChI is InChI=1S/C20H25N3O/c1-14-9-10-18-16(11-14)12-23(22-18)13-20(24)21-19-8-4-6-15-5-2-3-7-17(15)19/h2-3,5,7,12,14,19H,4,6,8-11,13H2,1H3,(H,21,24)/t14-,19-/m0/s1. The second-order valence-corrected chi connectivity index (χ2v) is 7.36. The summed E-state index contributed by atoms with van der Waals surface area (Å²) in [4.78, 5) is 12.5. The first-order valence-electron chi connectivity index (χ1n) is 9.11. The molecule has 4 heteroatoms. The molecule has 2 atom stereocenters. The zero-order chi connectivity index (χ0) is 16.5. The van der Waals surface area contributed by atoms with E-state index in [4.69, 9.17) is 0 Å². The number of fused-ring (bicyclic) bond motifs is 2. The van der Waals surface area contributed by atoms with Crippen LogP contribution in [0.5, 0.6) is 0 Å². The lowest BCUT2D eigenvalue weighted by Crippen LogP contribution is -2.33. The maximum absolute atomic E-state index is 12.5. The molecule has 2 aromatic rings. The molecule has 24 heavy (non-hydrogen) atoms. The quantitative estimate of drug-likeness (QED) is 0.943. The Balaban J connectivity index is 1.43. The van der Waals surface area contributed by atoms with Gasteiger partial charge in [0.15, 0.2) is 0 Å². The second-order valence-electron chi connectivity index (χ2n) is 7.36. The number of nitrogens with zero attached hydrogens (tertiary/aromatic N) is 2. The van der Waals surface area contributed by atoms with Crippen LogP contribution in [0.25, 0.3) is 0 Å². The van der Waals surface area contributed by atoms with Gasteiger partial charge in [0.25, 0.3) is 0 Å². The molecule has 0 bridgehead atoms. The number of aromatic nitrogens is 2. The number of benzene rings is 1. The molecule has 0 saturated carbocycles. The maximum Gasteiger partial charge on any atom is 0.242 e. The van der Waals surface area contributed by atoms with E-state index >= 15 is 0 Å². The number of amides is 1. The van der Waals surface area contributed by atoms with Crippen LogP contribution in [0.3, 0.4) is 0 Å². The largest absolute Gasteiger partial charge is 0.348 e. The molecule has 0 aliphatic heterocycles. The molecule has 1 aromatic heterocycles. The summed E-state index contributed by atoms with van der Waals surface area (Å²) in [6.45, 7) is 2.60. The fraction of sp³-hybridized carbons (Fsp3) is 0.500. The Morgan fingerprint density at radius 2 is 2.12 bits per heavy atom. The summed E-state index contributed by atoms with van der Waals surface area (Å²) < 4.78 is 1.83. The molecule has 1 heterocycles. The second kappa shape index (κ2) is 6.42. The minimum absolute atomic E-state index is 0.0598. The number of aryl methyl sites for hydroxylation is 2. The van der Waals surface area contributed by atoms with E-state index in [1.807, 2.05) is 4.68 Å². The first kappa shape index (κ1) is 15.4. The number of nitrogens with one attached hydrogen (secondary N) is 1. The highest BCUT2D eigenvalue weighted by atomic mass is 16.2. The summed E-state index contributed by atoms with van der Waals surface area (Å²) in [6.07, 6.45) is 8.68. The Hall–Kier alpha value is -2.10. The Bertz CT molecular complexity index is 749. The molecule has 4 nitrogen and oxygen atoms in total. The highest BCUT2D eigenvalue weighted by Gasteiger charge is 2.22. The first-order chi connectivity index (χ1) is 11.7. The third-order valence-corrected chi connectivity index (χ3v) is 5.38. The van der Waals surface area contributed by atoms with Gasteiger partial charge in [0, 0.05) is 6.20 Å². The van der Waals surface area contributed by atoms with Crippen LogP contribution in [-0.2, 0) is 30.6 Å². The first-order valence-corrected chi connectivity index (χ1v) is 9.11. The van der Waals surface area contributed by atoms with Gasteiger partial charge < -0.3 is 5.32 Å². The lowest BCUT2D eigenvalue weighted by Gasteiger charge is -2.26. The van der Waals surface area contributed by atoms with Gasteiger partial charge in [0.2, 0.25) is 5.91 Å². The summed E-state index contributed by atoms with van der Waals surface area (Å²) in [6, 6.07) is 8.61. The predicted molar refractivity (Wildman–Crippen MR) is 93.7 cm³/mol. The predicted octanol–water partition coefficient (Wildman–Crippen LogP) is 3.20. The van der Waals surface area contributed by atoms with Gasteiger partial charge in [-0.3, -0.25) is 9.48 Å². The van der Waals surface area contributed by atoms with Crippen LogP contribution in [0, 0.1) is 5.92 Å². The maximum atomic E-state index is 12.5. The van der Waals surface area contributed by atoms with Crippen LogP contribution in [0.15, 0.2) is 30.5 Å². The molecule has 1 amide bonds. The smallest absolute Gasteiger partial charge is 0.242 e. The van der Waals surface area contributed by atoms with Gasteiger partial charge in [-0.25, -0.2) is 0 Å². The molecular formula is C20H25N3O. The summed E-state index contributed by atoms with van der Waals surface area (Å²) in [7, 11) is 0. The van der Waals surface area contributed by atoms with Crippen LogP contribution in [0.4, 0.5) is 0 Å². The number of carbonyl (C=O) groups is 1. The van der Waals surface area contributed by atoms with Crippen LogP contribution < -0.4 is 5.32 Å². The van der Waals surface area contributed by atoms with Gasteiger partial charge in [0.1, 0.15) is 6.54 Å². The van der Waals surface area contributed by atoms with Gasteiger partial charge in [-0.1, -0.05) is 31.2 Å². The van der Waals surface area contributed by atoms with Crippen molar-refractivity contribution >= 4 is 5.91 Å². The molecule has 0 fully saturated rings. The minimum Gasteiger partial charge on any atom is -0.348 e. The fourth-order valence-corrected chi connectivity index (χ4v) is 4.12. The van der Waals surface area contributed by atoms with E-state index in [0.29, 0.717) is 6.54 Å². The lowest BCUT2D eigenvalue weighted by atomic mass is 9.88. The molecule has 1 N–H and O–H groups in total. The number of hydrogen-bond acceptors (Lipinski definition) is 2. The topological polar surface area (TPSA) is 46.9 Å². The van der Waals surface area contributed by atoms with E-state index in [-0.39, 0.29) is 11.9 Å². The molecule has 0 radical (unpaired) electrons. The Kier molecular flexibility index (Phi) is 4.13. The Morgan fingerprint density at radius 1 is 1.25 bits per heavy atom. The molecular weight excluding hydrogens is 298 g/mol. The van der Waals surface area contributed by atoms with E-state index in [9.17, 15) is 4.79 Å². The number of carbonyl (C=O) groups excluding carboxylic acids is 1. The molecule has 2 aliphatic rings. The molecule has 1 aromatic carbocycles. The van der Waals surface area contributed by atoms with Crippen molar-refractivity contribution in [1.29, 1.82) is 0 Å². The van der Waals surface area contributed by atoms with Gasteiger partial charge in [0.05, 0.1) is 11.7 Å². The Labute approximate surface area is 143 Å². The van der Waals surface area contributed by atoms with Crippen molar-refractivity contribution < 1.29 is 4.79 Å². The molecule has 126 valence electrons. The normalized spacial score (nSPS) is 22.5. The van der Waals surface area contributed by atoms with Gasteiger partial charge in [-0.15, -0.1) is 0 Å². The minimum atomic E-state index is 0.0598. The van der Waals surface area contributed by atoms with Crippen molar-refractivity contribution in [3.63, 3.8) is 0 Å². The monoisotopic (exact) mass is 323 g/mol. The summed E-state index contributed by atoms with van der Waals surface area (Å²) in [5.74, 6) is 0.785. The fourth-order valence-electron chi connectivity index (χ4n) is 4.12. The average Bonchev–Trinajstić information content (AvgIpc) is 2.96. The molecule has 0 unspecified atom stereocenters.